The van der Waals surface area contributed by atoms with E-state index in [-0.39, 0.29) is 38.0 Å². The molecule has 3 aromatic carbocycles. The van der Waals surface area contributed by atoms with E-state index in [2.05, 4.69) is 31.9 Å². The van der Waals surface area contributed by atoms with Crippen molar-refractivity contribution in [3.63, 3.8) is 0 Å². The molecule has 7 amide bonds. The van der Waals surface area contributed by atoms with Crippen LogP contribution >= 0.6 is 0 Å². The van der Waals surface area contributed by atoms with Gasteiger partial charge in [0.25, 0.3) is 0 Å². The number of hydrogen-bond acceptors (Lipinski definition) is 8. The number of benzene rings is 3. The van der Waals surface area contributed by atoms with E-state index in [0.29, 0.717) is 24.8 Å². The van der Waals surface area contributed by atoms with Gasteiger partial charge in [0.2, 0.25) is 29.5 Å². The molecule has 3 unspecified atom stereocenters. The highest BCUT2D eigenvalue weighted by atomic mass is 16.4. The lowest BCUT2D eigenvalue weighted by molar-refractivity contribution is -0.142. The van der Waals surface area contributed by atoms with E-state index in [1.807, 2.05) is 30.3 Å². The maximum Gasteiger partial charge on any atom is 0.326 e. The van der Waals surface area contributed by atoms with Gasteiger partial charge in [0.15, 0.2) is 0 Å². The number of urea groups is 1. The monoisotopic (exact) mass is 827 g/mol. The molecule has 0 bridgehead atoms. The Kier molecular flexibility index (Phi) is 17.4. The van der Waals surface area contributed by atoms with E-state index in [0.717, 1.165) is 11.1 Å². The fraction of sp³-hybridized carbons (Fsp3) is 0.432. The number of amides is 7. The highest BCUT2D eigenvalue weighted by Crippen LogP contribution is 2.15. The summed E-state index contributed by atoms with van der Waals surface area (Å²) in [5, 5.41) is 35.9. The Balaban J connectivity index is 1.63. The molecule has 8 N–H and O–H groups in total. The third kappa shape index (κ3) is 14.1. The van der Waals surface area contributed by atoms with Gasteiger partial charge >= 0.3 is 12.0 Å². The minimum Gasteiger partial charge on any atom is -0.508 e. The molecule has 4 rings (SSSR count). The van der Waals surface area contributed by atoms with Crippen molar-refractivity contribution in [2.24, 2.45) is 5.92 Å². The van der Waals surface area contributed by atoms with E-state index in [9.17, 15) is 43.8 Å². The molecule has 16 nitrogen and oxygen atoms in total. The maximum absolute atomic E-state index is 14.2. The molecular weight excluding hydrogens is 771 g/mol. The van der Waals surface area contributed by atoms with Crippen molar-refractivity contribution in [1.82, 2.24) is 36.8 Å². The number of hydrogen-bond donors (Lipinski definition) is 8. The molecule has 0 radical (unpaired) electrons. The number of carbonyl (C=O) groups excluding carboxylic acids is 6. The standard InChI is InChI=1S/C44H57N7O9/c1-27(2)37-41(56)46-34(23-20-29-18-21-32(52)22-19-29)42(57)51(4)28(3)38(53)47-35(25-30-13-7-5-8-14-30)39(54)45-24-12-11-17-33(40(55)50-37)48-44(60)49-36(43(58)59)26-31-15-9-6-10-16-31/h5-10,13-16,18-19,21-22,27-28,33-37,52H,11-12,17,20,23-26H2,1-4H3,(H,45,54)(H,46,56)(H,47,53)(H,50,55)(H,58,59)(H2,48,49,60)/t28-,33?,34?,35-,36-,37?/m0/s1. The Morgan fingerprint density at radius 1 is 0.767 bits per heavy atom. The number of phenolic OH excluding ortho intramolecular Hbond substituents is 1. The molecule has 1 fully saturated rings. The molecule has 322 valence electrons. The summed E-state index contributed by atoms with van der Waals surface area (Å²) in [5.41, 5.74) is 2.23. The van der Waals surface area contributed by atoms with Crippen molar-refractivity contribution in [2.45, 2.75) is 102 Å². The first-order valence-electron chi connectivity index (χ1n) is 20.2. The molecule has 3 aromatic rings. The van der Waals surface area contributed by atoms with Gasteiger partial charge in [-0.2, -0.15) is 0 Å². The molecule has 0 spiro atoms. The van der Waals surface area contributed by atoms with Gasteiger partial charge < -0.3 is 47.0 Å². The number of likely N-dealkylation sites (N-methyl/N-ethyl adjacent to an activating group) is 1. The molecule has 1 aliphatic rings. The minimum atomic E-state index is -1.32. The molecule has 0 aliphatic carbocycles. The molecule has 16 heteroatoms. The van der Waals surface area contributed by atoms with Crippen molar-refractivity contribution >= 4 is 41.5 Å². The van der Waals surface area contributed by atoms with Crippen LogP contribution in [0.1, 0.15) is 63.1 Å². The molecule has 6 atom stereocenters. The van der Waals surface area contributed by atoms with Crippen LogP contribution in [0.15, 0.2) is 84.9 Å². The van der Waals surface area contributed by atoms with E-state index in [1.165, 1.54) is 31.0 Å². The zero-order valence-electron chi connectivity index (χ0n) is 34.5. The predicted octanol–water partition coefficient (Wildman–Crippen LogP) is 2.19. The van der Waals surface area contributed by atoms with Crippen molar-refractivity contribution in [3.05, 3.63) is 102 Å². The number of phenols is 1. The molecule has 1 aliphatic heterocycles. The zero-order valence-corrected chi connectivity index (χ0v) is 34.5. The van der Waals surface area contributed by atoms with Crippen LogP contribution in [0.25, 0.3) is 0 Å². The Morgan fingerprint density at radius 2 is 1.38 bits per heavy atom. The first-order chi connectivity index (χ1) is 28.6. The second-order valence-corrected chi connectivity index (χ2v) is 15.4. The average molecular weight is 828 g/mol. The van der Waals surface area contributed by atoms with E-state index < -0.39 is 83.7 Å². The number of nitrogens with one attached hydrogen (secondary N) is 6. The van der Waals surface area contributed by atoms with Crippen LogP contribution in [-0.2, 0) is 48.0 Å². The number of carbonyl (C=O) groups is 7. The van der Waals surface area contributed by atoms with Crippen LogP contribution in [-0.4, -0.2) is 106 Å². The number of aliphatic carboxylic acids is 1. The SMILES string of the molecule is CC(C)C1NC(=O)C(NC(=O)N[C@@H](Cc2ccccc2)C(=O)O)CCCCNC(=O)[C@H](Cc2ccccc2)NC(=O)[C@H](C)N(C)C(=O)C(CCc2ccc(O)cc2)NC1=O. The fourth-order valence-corrected chi connectivity index (χ4v) is 6.73. The van der Waals surface area contributed by atoms with Crippen molar-refractivity contribution in [1.29, 1.82) is 0 Å². The van der Waals surface area contributed by atoms with Gasteiger partial charge in [-0.3, -0.25) is 24.0 Å². The van der Waals surface area contributed by atoms with E-state index >= 15 is 0 Å². The van der Waals surface area contributed by atoms with Crippen LogP contribution < -0.4 is 31.9 Å². The number of aromatic hydroxyl groups is 1. The summed E-state index contributed by atoms with van der Waals surface area (Å²) in [6.45, 7) is 5.09. The molecule has 1 saturated heterocycles. The Labute approximate surface area is 350 Å². The predicted molar refractivity (Wildman–Crippen MR) is 223 cm³/mol. The van der Waals surface area contributed by atoms with Gasteiger partial charge in [0.1, 0.15) is 42.0 Å². The van der Waals surface area contributed by atoms with E-state index in [1.54, 1.807) is 56.3 Å². The summed E-state index contributed by atoms with van der Waals surface area (Å²) < 4.78 is 0. The van der Waals surface area contributed by atoms with Gasteiger partial charge in [-0.25, -0.2) is 9.59 Å². The number of rotatable bonds is 11. The number of carboxylic acid groups (broad SMARTS) is 1. The quantitative estimate of drug-likeness (QED) is 0.141. The Hall–Kier alpha value is -6.45. The highest BCUT2D eigenvalue weighted by Gasteiger charge is 2.35. The second kappa shape index (κ2) is 22.6. The van der Waals surface area contributed by atoms with Gasteiger partial charge in [0, 0.05) is 26.4 Å². The van der Waals surface area contributed by atoms with Crippen molar-refractivity contribution in [3.8, 4) is 5.75 Å². The van der Waals surface area contributed by atoms with Gasteiger partial charge in [-0.1, -0.05) is 86.6 Å². The highest BCUT2D eigenvalue weighted by molar-refractivity contribution is 5.96. The van der Waals surface area contributed by atoms with Crippen LogP contribution in [0.4, 0.5) is 4.79 Å². The summed E-state index contributed by atoms with van der Waals surface area (Å²) in [4.78, 5) is 96.2. The third-order valence-corrected chi connectivity index (χ3v) is 10.5. The third-order valence-electron chi connectivity index (χ3n) is 10.5. The maximum atomic E-state index is 14.2. The van der Waals surface area contributed by atoms with Crippen LogP contribution in [0.5, 0.6) is 5.75 Å². The summed E-state index contributed by atoms with van der Waals surface area (Å²) in [7, 11) is 1.43. The normalized spacial score (nSPS) is 21.9. The first kappa shape index (κ1) is 46.2. The van der Waals surface area contributed by atoms with E-state index in [4.69, 9.17) is 0 Å². The summed E-state index contributed by atoms with van der Waals surface area (Å²) in [5.74, 6) is -4.75. The fourth-order valence-electron chi connectivity index (χ4n) is 6.73. The minimum absolute atomic E-state index is 0.0118. The smallest absolute Gasteiger partial charge is 0.326 e. The molecule has 60 heavy (non-hydrogen) atoms. The number of carboxylic acids is 1. The topological polar surface area (TPSA) is 235 Å². The largest absolute Gasteiger partial charge is 0.508 e. The lowest BCUT2D eigenvalue weighted by Gasteiger charge is -2.31. The van der Waals surface area contributed by atoms with Crippen molar-refractivity contribution in [2.75, 3.05) is 13.6 Å². The van der Waals surface area contributed by atoms with Gasteiger partial charge in [-0.15, -0.1) is 0 Å². The Bertz CT molecular complexity index is 1930. The van der Waals surface area contributed by atoms with Gasteiger partial charge in [0.05, 0.1) is 0 Å². The molecule has 0 aromatic heterocycles. The summed E-state index contributed by atoms with van der Waals surface area (Å²) in [6.07, 6.45) is 1.26. The lowest BCUT2D eigenvalue weighted by atomic mass is 9.99. The molecule has 0 saturated carbocycles. The summed E-state index contributed by atoms with van der Waals surface area (Å²) in [6, 6.07) is 16.4. The number of nitrogens with zero attached hydrogens (tertiary/aromatic N) is 1. The average Bonchev–Trinajstić information content (AvgIpc) is 3.22. The number of aryl methyl sites for hydroxylation is 1. The lowest BCUT2D eigenvalue weighted by Crippen LogP contribution is -2.60. The Morgan fingerprint density at radius 3 is 2.00 bits per heavy atom. The van der Waals surface area contributed by atoms with Crippen LogP contribution in [0, 0.1) is 5.92 Å². The first-order valence-corrected chi connectivity index (χ1v) is 20.2. The zero-order chi connectivity index (χ0) is 43.8. The van der Waals surface area contributed by atoms with Crippen LogP contribution in [0.3, 0.4) is 0 Å². The molecule has 1 heterocycles. The van der Waals surface area contributed by atoms with Gasteiger partial charge in [-0.05, 0) is 73.8 Å². The molecular formula is C44H57N7O9. The van der Waals surface area contributed by atoms with Crippen LogP contribution in [0.2, 0.25) is 0 Å². The second-order valence-electron chi connectivity index (χ2n) is 15.4. The van der Waals surface area contributed by atoms with Crippen molar-refractivity contribution < 1.29 is 43.8 Å². The summed E-state index contributed by atoms with van der Waals surface area (Å²) >= 11 is 0.